The highest BCUT2D eigenvalue weighted by Crippen LogP contribution is 2.44. The van der Waals surface area contributed by atoms with Crippen molar-refractivity contribution < 1.29 is 14.3 Å². The van der Waals surface area contributed by atoms with Gasteiger partial charge in [-0.2, -0.15) is 0 Å². The van der Waals surface area contributed by atoms with E-state index in [2.05, 4.69) is 5.32 Å². The van der Waals surface area contributed by atoms with E-state index in [9.17, 15) is 9.59 Å². The third kappa shape index (κ3) is 4.13. The Labute approximate surface area is 160 Å². The second kappa shape index (κ2) is 7.43. The van der Waals surface area contributed by atoms with Crippen molar-refractivity contribution in [3.8, 4) is 11.5 Å². The zero-order chi connectivity index (χ0) is 19.6. The number of nitrogens with one attached hydrogen (secondary N) is 1. The van der Waals surface area contributed by atoms with Gasteiger partial charge in [-0.3, -0.25) is 9.59 Å². The third-order valence-corrected chi connectivity index (χ3v) is 4.47. The minimum Gasteiger partial charge on any atom is -0.457 e. The van der Waals surface area contributed by atoms with Crippen molar-refractivity contribution in [2.75, 3.05) is 13.1 Å². The zero-order valence-electron chi connectivity index (χ0n) is 16.3. The van der Waals surface area contributed by atoms with Crippen LogP contribution in [0.1, 0.15) is 44.7 Å². The molecule has 2 aromatic rings. The molecule has 0 unspecified atom stereocenters. The van der Waals surface area contributed by atoms with E-state index in [1.165, 1.54) is 0 Å². The van der Waals surface area contributed by atoms with Crippen LogP contribution in [0.2, 0.25) is 0 Å². The summed E-state index contributed by atoms with van der Waals surface area (Å²) in [7, 11) is 0. The van der Waals surface area contributed by atoms with E-state index in [0.29, 0.717) is 18.0 Å². The molecule has 0 saturated carbocycles. The summed E-state index contributed by atoms with van der Waals surface area (Å²) in [5.41, 5.74) is 1.32. The number of fused-ring (bicyclic) bond motifs is 2. The number of para-hydroxylation sites is 2. The highest BCUT2D eigenvalue weighted by molar-refractivity contribution is 5.92. The van der Waals surface area contributed by atoms with E-state index in [4.69, 9.17) is 4.74 Å². The summed E-state index contributed by atoms with van der Waals surface area (Å²) in [5.74, 6) is 0.638. The predicted octanol–water partition coefficient (Wildman–Crippen LogP) is 3.69. The predicted molar refractivity (Wildman–Crippen MR) is 105 cm³/mol. The molecule has 142 valence electrons. The van der Waals surface area contributed by atoms with Gasteiger partial charge < -0.3 is 15.0 Å². The van der Waals surface area contributed by atoms with Crippen molar-refractivity contribution in [2.45, 2.75) is 39.2 Å². The highest BCUT2D eigenvalue weighted by Gasteiger charge is 2.35. The molecule has 0 spiro atoms. The first kappa shape index (κ1) is 19.0. The van der Waals surface area contributed by atoms with Crippen LogP contribution in [0.4, 0.5) is 0 Å². The number of rotatable bonds is 4. The summed E-state index contributed by atoms with van der Waals surface area (Å²) in [6.45, 7) is 8.15. The Morgan fingerprint density at radius 3 is 2.00 bits per heavy atom. The van der Waals surface area contributed by atoms with Crippen molar-refractivity contribution in [2.24, 2.45) is 0 Å². The van der Waals surface area contributed by atoms with Gasteiger partial charge in [0, 0.05) is 23.2 Å². The van der Waals surface area contributed by atoms with E-state index in [1.54, 1.807) is 4.90 Å². The van der Waals surface area contributed by atoms with Gasteiger partial charge in [-0.05, 0) is 39.8 Å². The Balaban J connectivity index is 1.92. The molecule has 3 rings (SSSR count). The van der Waals surface area contributed by atoms with Crippen molar-refractivity contribution in [1.29, 1.82) is 0 Å². The van der Waals surface area contributed by atoms with Gasteiger partial charge in [-0.15, -0.1) is 0 Å². The van der Waals surface area contributed by atoms with Gasteiger partial charge in [-0.1, -0.05) is 36.4 Å². The molecule has 5 heteroatoms. The van der Waals surface area contributed by atoms with Crippen molar-refractivity contribution in [3.63, 3.8) is 0 Å². The fraction of sp³-hybridized carbons (Fsp3) is 0.364. The Morgan fingerprint density at radius 2 is 1.52 bits per heavy atom. The van der Waals surface area contributed by atoms with Crippen LogP contribution in [0, 0.1) is 0 Å². The van der Waals surface area contributed by atoms with Crippen molar-refractivity contribution in [1.82, 2.24) is 10.2 Å². The molecule has 1 N–H and O–H groups in total. The lowest BCUT2D eigenvalue weighted by molar-refractivity contribution is -0.137. The summed E-state index contributed by atoms with van der Waals surface area (Å²) >= 11 is 0. The van der Waals surface area contributed by atoms with Crippen molar-refractivity contribution >= 4 is 11.8 Å². The first-order valence-corrected chi connectivity index (χ1v) is 9.25. The number of amides is 2. The molecule has 2 aromatic carbocycles. The standard InChI is InChI=1S/C22H26N2O3/c1-5-24(14-19(25)23-22(2,3)4)21(26)20-15-10-6-8-12-17(15)27-18-13-9-7-11-16(18)20/h6-13,20H,5,14H2,1-4H3,(H,23,25). The SMILES string of the molecule is CCN(CC(=O)NC(C)(C)C)C(=O)C1c2ccccc2Oc2ccccc21. The Morgan fingerprint density at radius 1 is 1.00 bits per heavy atom. The lowest BCUT2D eigenvalue weighted by atomic mass is 9.87. The van der Waals surface area contributed by atoms with Crippen LogP contribution in [0.5, 0.6) is 11.5 Å². The lowest BCUT2D eigenvalue weighted by Crippen LogP contribution is -2.48. The Kier molecular flexibility index (Phi) is 5.22. The summed E-state index contributed by atoms with van der Waals surface area (Å²) in [6, 6.07) is 15.2. The minimum absolute atomic E-state index is 0.0360. The maximum Gasteiger partial charge on any atom is 0.240 e. The molecule has 27 heavy (non-hydrogen) atoms. The fourth-order valence-corrected chi connectivity index (χ4v) is 3.34. The first-order valence-electron chi connectivity index (χ1n) is 9.25. The van der Waals surface area contributed by atoms with E-state index in [1.807, 2.05) is 76.2 Å². The number of nitrogens with zero attached hydrogens (tertiary/aromatic N) is 1. The van der Waals surface area contributed by atoms with E-state index >= 15 is 0 Å². The number of ether oxygens (including phenoxy) is 1. The van der Waals surface area contributed by atoms with Crippen LogP contribution < -0.4 is 10.1 Å². The van der Waals surface area contributed by atoms with Crippen LogP contribution in [-0.2, 0) is 9.59 Å². The van der Waals surface area contributed by atoms with Gasteiger partial charge in [0.25, 0.3) is 0 Å². The topological polar surface area (TPSA) is 58.6 Å². The summed E-state index contributed by atoms with van der Waals surface area (Å²) in [5, 5.41) is 2.92. The summed E-state index contributed by atoms with van der Waals surface area (Å²) < 4.78 is 5.97. The van der Waals surface area contributed by atoms with Crippen LogP contribution in [0.15, 0.2) is 48.5 Å². The molecular formula is C22H26N2O3. The van der Waals surface area contributed by atoms with Crippen LogP contribution in [0.3, 0.4) is 0 Å². The normalized spacial score (nSPS) is 13.2. The van der Waals surface area contributed by atoms with Gasteiger partial charge >= 0.3 is 0 Å². The quantitative estimate of drug-likeness (QED) is 0.898. The molecule has 0 atom stereocenters. The Bertz CT molecular complexity index is 809. The smallest absolute Gasteiger partial charge is 0.240 e. The average molecular weight is 366 g/mol. The van der Waals surface area contributed by atoms with E-state index in [-0.39, 0.29) is 23.9 Å². The first-order chi connectivity index (χ1) is 12.8. The largest absolute Gasteiger partial charge is 0.457 e. The van der Waals surface area contributed by atoms with Crippen LogP contribution in [0.25, 0.3) is 0 Å². The molecule has 0 fully saturated rings. The molecule has 1 aliphatic rings. The second-order valence-corrected chi connectivity index (χ2v) is 7.76. The number of carbonyl (C=O) groups excluding carboxylic acids is 2. The number of likely N-dealkylation sites (N-methyl/N-ethyl adjacent to an activating group) is 1. The number of benzene rings is 2. The zero-order valence-corrected chi connectivity index (χ0v) is 16.3. The number of hydrogen-bond donors (Lipinski definition) is 1. The van der Waals surface area contributed by atoms with Gasteiger partial charge in [0.05, 0.1) is 12.5 Å². The second-order valence-electron chi connectivity index (χ2n) is 7.76. The molecule has 5 nitrogen and oxygen atoms in total. The van der Waals surface area contributed by atoms with Crippen LogP contribution in [-0.4, -0.2) is 35.3 Å². The van der Waals surface area contributed by atoms with E-state index < -0.39 is 5.92 Å². The average Bonchev–Trinajstić information content (AvgIpc) is 2.62. The number of hydrogen-bond acceptors (Lipinski definition) is 3. The molecule has 0 aliphatic carbocycles. The van der Waals surface area contributed by atoms with Crippen molar-refractivity contribution in [3.05, 3.63) is 59.7 Å². The number of carbonyl (C=O) groups is 2. The Hall–Kier alpha value is -2.82. The third-order valence-electron chi connectivity index (χ3n) is 4.47. The van der Waals surface area contributed by atoms with Gasteiger partial charge in [-0.25, -0.2) is 0 Å². The van der Waals surface area contributed by atoms with Crippen LogP contribution >= 0.6 is 0 Å². The molecule has 0 radical (unpaired) electrons. The molecule has 0 aromatic heterocycles. The monoisotopic (exact) mass is 366 g/mol. The lowest BCUT2D eigenvalue weighted by Gasteiger charge is -2.32. The molecule has 0 bridgehead atoms. The van der Waals surface area contributed by atoms with Gasteiger partial charge in [0.15, 0.2) is 0 Å². The highest BCUT2D eigenvalue weighted by atomic mass is 16.5. The molecule has 2 amide bonds. The van der Waals surface area contributed by atoms with Gasteiger partial charge in [0.2, 0.25) is 11.8 Å². The molecule has 0 saturated heterocycles. The molecule has 1 heterocycles. The summed E-state index contributed by atoms with van der Waals surface area (Å²) in [6.07, 6.45) is 0. The fourth-order valence-electron chi connectivity index (χ4n) is 3.34. The minimum atomic E-state index is -0.478. The molecule has 1 aliphatic heterocycles. The van der Waals surface area contributed by atoms with Gasteiger partial charge in [0.1, 0.15) is 11.5 Å². The molecular weight excluding hydrogens is 340 g/mol. The maximum absolute atomic E-state index is 13.4. The maximum atomic E-state index is 13.4. The van der Waals surface area contributed by atoms with E-state index in [0.717, 1.165) is 11.1 Å². The summed E-state index contributed by atoms with van der Waals surface area (Å²) in [4.78, 5) is 27.4.